The molecule has 1 aliphatic rings. The van der Waals surface area contributed by atoms with E-state index in [9.17, 15) is 13.7 Å². The maximum absolute atomic E-state index is 13.1. The van der Waals surface area contributed by atoms with Crippen LogP contribution in [0.15, 0.2) is 72.8 Å². The summed E-state index contributed by atoms with van der Waals surface area (Å²) in [6, 6.07) is 22.9. The van der Waals surface area contributed by atoms with E-state index in [4.69, 9.17) is 66.5 Å². The van der Waals surface area contributed by atoms with Crippen molar-refractivity contribution in [1.29, 1.82) is 0 Å². The van der Waals surface area contributed by atoms with Gasteiger partial charge in [-0.25, -0.2) is 4.67 Å². The topological polar surface area (TPSA) is 172 Å². The maximum atomic E-state index is 13.1. The van der Waals surface area contributed by atoms with Gasteiger partial charge in [-0.1, -0.05) is 36.4 Å². The Morgan fingerprint density at radius 1 is 0.600 bits per heavy atom. The second-order valence-corrected chi connectivity index (χ2v) is 26.5. The van der Waals surface area contributed by atoms with Crippen molar-refractivity contribution in [2.75, 3.05) is 109 Å². The lowest BCUT2D eigenvalue weighted by Gasteiger charge is -2.31. The monoisotopic (exact) mass is 1030 g/mol. The molecule has 24 heteroatoms. The van der Waals surface area contributed by atoms with Gasteiger partial charge in [-0.3, -0.25) is 23.5 Å². The van der Waals surface area contributed by atoms with E-state index in [-0.39, 0.29) is 25.1 Å². The number of nitrogens with zero attached hydrogens (tertiary/aromatic N) is 3. The Hall–Kier alpha value is -1.65. The van der Waals surface area contributed by atoms with E-state index < -0.39 is 37.8 Å². The number of benzene rings is 3. The van der Waals surface area contributed by atoms with Crippen LogP contribution in [0.4, 0.5) is 0 Å². The summed E-state index contributed by atoms with van der Waals surface area (Å²) in [7, 11) is 1.43. The molecule has 3 aromatic rings. The standard InChI is InChI=1S/C41H66N3O15P5S/c1-42(30-37-17-19-38(20-18-37)57-41-12-10-11-29-56-41)64(65,58-39-21-13-35(14-22-39)25-27-43(31-60(48-2)49-3)32-61(45,50-4)51-5)59-40-23-15-36(16-24-40)26-28-44(33-62(46,52-6)53-7)34-63(47,54-8)55-9/h13-24,41H,10-12,25-34H2,1-9H3. The van der Waals surface area contributed by atoms with Gasteiger partial charge in [-0.05, 0) is 85.8 Å². The summed E-state index contributed by atoms with van der Waals surface area (Å²) >= 11 is 6.31. The Kier molecular flexibility index (Phi) is 23.7. The van der Waals surface area contributed by atoms with Gasteiger partial charge in [0.05, 0.1) is 12.9 Å². The third-order valence-corrected chi connectivity index (χ3v) is 20.6. The van der Waals surface area contributed by atoms with Crippen LogP contribution in [0.1, 0.15) is 36.0 Å². The Morgan fingerprint density at radius 2 is 1.02 bits per heavy atom. The van der Waals surface area contributed by atoms with Gasteiger partial charge in [-0.15, -0.1) is 0 Å². The van der Waals surface area contributed by atoms with Crippen LogP contribution in [0.3, 0.4) is 0 Å². The summed E-state index contributed by atoms with van der Waals surface area (Å²) in [4.78, 5) is 3.63. The largest absolute Gasteiger partial charge is 0.465 e. The number of hydrogen-bond acceptors (Lipinski definition) is 18. The van der Waals surface area contributed by atoms with Crippen molar-refractivity contribution in [3.63, 3.8) is 0 Å². The lowest BCUT2D eigenvalue weighted by atomic mass is 10.1. The Morgan fingerprint density at radius 3 is 1.43 bits per heavy atom. The highest BCUT2D eigenvalue weighted by Gasteiger charge is 2.33. The van der Waals surface area contributed by atoms with Crippen LogP contribution in [0, 0.1) is 0 Å². The molecule has 3 aromatic carbocycles. The minimum Gasteiger partial charge on any atom is -0.465 e. The lowest BCUT2D eigenvalue weighted by Crippen LogP contribution is -2.29. The first-order chi connectivity index (χ1) is 31.1. The van der Waals surface area contributed by atoms with E-state index in [1.165, 1.54) is 42.7 Å². The number of hydrogen-bond donors (Lipinski definition) is 0. The molecule has 0 aromatic heterocycles. The highest BCUT2D eigenvalue weighted by Crippen LogP contribution is 2.54. The lowest BCUT2D eigenvalue weighted by molar-refractivity contribution is -0.105. The van der Waals surface area contributed by atoms with E-state index in [2.05, 4.69) is 0 Å². The highest BCUT2D eigenvalue weighted by atomic mass is 32.5. The van der Waals surface area contributed by atoms with Crippen molar-refractivity contribution in [3.05, 3.63) is 89.5 Å². The van der Waals surface area contributed by atoms with Crippen LogP contribution in [-0.4, -0.2) is 130 Å². The minimum atomic E-state index is -3.49. The molecule has 0 aliphatic carbocycles. The molecule has 2 unspecified atom stereocenters. The summed E-state index contributed by atoms with van der Waals surface area (Å²) in [5.41, 5.74) is 2.90. The first kappa shape index (κ1) is 55.9. The average molecular weight is 1030 g/mol. The van der Waals surface area contributed by atoms with Gasteiger partial charge in [0.2, 0.25) is 0 Å². The molecule has 0 radical (unpaired) electrons. The summed E-state index contributed by atoms with van der Waals surface area (Å²) < 4.78 is 108. The van der Waals surface area contributed by atoms with Crippen LogP contribution in [0.25, 0.3) is 0 Å². The van der Waals surface area contributed by atoms with Crippen LogP contribution >= 0.6 is 37.8 Å². The molecule has 1 fully saturated rings. The van der Waals surface area contributed by atoms with Gasteiger partial charge in [0.1, 0.15) is 36.1 Å². The minimum absolute atomic E-state index is 0.0708. The number of rotatable bonds is 31. The molecule has 4 rings (SSSR count). The highest BCUT2D eigenvalue weighted by molar-refractivity contribution is 8.09. The van der Waals surface area contributed by atoms with Crippen molar-refractivity contribution in [3.8, 4) is 17.2 Å². The van der Waals surface area contributed by atoms with E-state index >= 15 is 0 Å². The third-order valence-electron chi connectivity index (χ3n) is 10.4. The van der Waals surface area contributed by atoms with Crippen molar-refractivity contribution in [2.24, 2.45) is 0 Å². The molecule has 2 atom stereocenters. The fourth-order valence-electron chi connectivity index (χ4n) is 6.44. The third kappa shape index (κ3) is 18.3. The Labute approximate surface area is 391 Å². The molecular weight excluding hydrogens is 961 g/mol. The zero-order valence-electron chi connectivity index (χ0n) is 38.8. The molecule has 0 amide bonds. The zero-order chi connectivity index (χ0) is 47.5. The molecule has 65 heavy (non-hydrogen) atoms. The maximum Gasteiger partial charge on any atom is 0.368 e. The van der Waals surface area contributed by atoms with Crippen LogP contribution in [0.2, 0.25) is 0 Å². The fourth-order valence-corrected chi connectivity index (χ4v) is 13.2. The van der Waals surface area contributed by atoms with Gasteiger partial charge in [0.15, 0.2) is 14.7 Å². The van der Waals surface area contributed by atoms with E-state index in [1.54, 1.807) is 19.1 Å². The van der Waals surface area contributed by atoms with Gasteiger partial charge in [-0.2, -0.15) is 0 Å². The summed E-state index contributed by atoms with van der Waals surface area (Å²) in [6.07, 6.45) is 4.06. The molecule has 0 bridgehead atoms. The smallest absolute Gasteiger partial charge is 0.368 e. The van der Waals surface area contributed by atoms with Gasteiger partial charge < -0.3 is 54.7 Å². The SMILES string of the molecule is COP(CN(CCc1ccc(OP(=S)(Oc2ccc(CCN(CP(=O)(OC)OC)CP(=O)(OC)OC)cc2)N(C)Cc2ccc(OC3CCCCO3)cc2)cc1)CP(=O)(OC)OC)OC. The van der Waals surface area contributed by atoms with Crippen LogP contribution < -0.4 is 13.8 Å². The Bertz CT molecular complexity index is 2000. The van der Waals surface area contributed by atoms with Crippen LogP contribution in [-0.2, 0) is 85.8 Å². The van der Waals surface area contributed by atoms with E-state index in [1.807, 2.05) is 89.4 Å². The zero-order valence-corrected chi connectivity index (χ0v) is 44.1. The predicted molar refractivity (Wildman–Crippen MR) is 257 cm³/mol. The Balaban J connectivity index is 1.53. The summed E-state index contributed by atoms with van der Waals surface area (Å²) in [5, 5.41) is 0. The van der Waals surface area contributed by atoms with Gasteiger partial charge >= 0.3 is 29.4 Å². The molecule has 1 aliphatic heterocycles. The summed E-state index contributed by atoms with van der Waals surface area (Å²) in [5.74, 6) is 1.74. The molecule has 0 N–H and O–H groups in total. The molecule has 1 saturated heterocycles. The van der Waals surface area contributed by atoms with E-state index in [0.29, 0.717) is 56.9 Å². The molecule has 0 spiro atoms. The molecule has 1 heterocycles. The van der Waals surface area contributed by atoms with Crippen LogP contribution in [0.5, 0.6) is 17.2 Å². The fraction of sp³-hybridized carbons (Fsp3) is 0.561. The van der Waals surface area contributed by atoms with Crippen molar-refractivity contribution in [2.45, 2.75) is 44.9 Å². The van der Waals surface area contributed by atoms with Gasteiger partial charge in [0, 0.05) is 94.7 Å². The molecular formula is C41H66N3O15P5S. The summed E-state index contributed by atoms with van der Waals surface area (Å²) in [6.45, 7) is -1.29. The second-order valence-electron chi connectivity index (χ2n) is 14.8. The quantitative estimate of drug-likeness (QED) is 0.0557. The van der Waals surface area contributed by atoms with Gasteiger partial charge in [0.25, 0.3) is 0 Å². The second kappa shape index (κ2) is 27.5. The first-order valence-corrected chi connectivity index (χ1v) is 29.9. The van der Waals surface area contributed by atoms with E-state index in [0.717, 1.165) is 41.7 Å². The predicted octanol–water partition coefficient (Wildman–Crippen LogP) is 9.99. The average Bonchev–Trinajstić information content (AvgIpc) is 3.33. The van der Waals surface area contributed by atoms with Crippen molar-refractivity contribution < 1.29 is 68.4 Å². The normalized spacial score (nSPS) is 16.0. The van der Waals surface area contributed by atoms with Crippen molar-refractivity contribution >= 4 is 49.6 Å². The molecule has 0 saturated carbocycles. The molecule has 18 nitrogen and oxygen atoms in total. The number of ether oxygens (including phenoxy) is 2. The van der Waals surface area contributed by atoms with Crippen molar-refractivity contribution in [1.82, 2.24) is 14.5 Å². The first-order valence-electron chi connectivity index (χ1n) is 20.8. The molecule has 366 valence electrons.